The largest absolute Gasteiger partial charge is 0.493 e. The molecule has 0 radical (unpaired) electrons. The molecule has 0 saturated heterocycles. The third-order valence-electron chi connectivity index (χ3n) is 5.01. The van der Waals surface area contributed by atoms with E-state index in [2.05, 4.69) is 12.2 Å². The number of hydrogen-bond donors (Lipinski definition) is 1. The molecular weight excluding hydrogens is 368 g/mol. The lowest BCUT2D eigenvalue weighted by Crippen LogP contribution is -2.46. The second-order valence-corrected chi connectivity index (χ2v) is 6.91. The van der Waals surface area contributed by atoms with Crippen molar-refractivity contribution in [1.82, 2.24) is 5.32 Å². The highest BCUT2D eigenvalue weighted by Crippen LogP contribution is 2.35. The molecule has 1 saturated carbocycles. The SMILES string of the molecule is COc1cc(C(=O)O[C@H](C)C(=O)N[C@H]2CCCC[C@@H]2C)c([N+](=O)[O-])cc1OC. The molecule has 1 aliphatic rings. The third-order valence-corrected chi connectivity index (χ3v) is 5.01. The zero-order valence-electron chi connectivity index (χ0n) is 16.5. The summed E-state index contributed by atoms with van der Waals surface area (Å²) < 4.78 is 15.3. The molecule has 0 aromatic heterocycles. The molecule has 1 aromatic rings. The lowest BCUT2D eigenvalue weighted by molar-refractivity contribution is -0.385. The summed E-state index contributed by atoms with van der Waals surface area (Å²) in [6.45, 7) is 3.51. The predicted octanol–water partition coefficient (Wildman–Crippen LogP) is 2.85. The summed E-state index contributed by atoms with van der Waals surface area (Å²) in [4.78, 5) is 35.5. The first-order chi connectivity index (χ1) is 13.3. The standard InChI is InChI=1S/C19H26N2O7/c1-11-7-5-6-8-14(11)20-18(22)12(2)28-19(23)13-9-16(26-3)17(27-4)10-15(13)21(24)25/h9-12,14H,5-8H2,1-4H3,(H,20,22)/t11-,12+,14-/m0/s1. The lowest BCUT2D eigenvalue weighted by Gasteiger charge is -2.30. The van der Waals surface area contributed by atoms with Gasteiger partial charge in [0.15, 0.2) is 17.6 Å². The highest BCUT2D eigenvalue weighted by Gasteiger charge is 2.30. The molecule has 1 N–H and O–H groups in total. The molecule has 154 valence electrons. The molecule has 9 nitrogen and oxygen atoms in total. The van der Waals surface area contributed by atoms with Gasteiger partial charge >= 0.3 is 5.97 Å². The van der Waals surface area contributed by atoms with Crippen LogP contribution in [-0.2, 0) is 9.53 Å². The molecule has 0 bridgehead atoms. The van der Waals surface area contributed by atoms with Crippen LogP contribution in [0.3, 0.4) is 0 Å². The lowest BCUT2D eigenvalue weighted by atomic mass is 9.86. The number of amides is 1. The normalized spacial score (nSPS) is 20.0. The molecule has 1 amide bonds. The highest BCUT2D eigenvalue weighted by atomic mass is 16.6. The number of nitrogens with one attached hydrogen (secondary N) is 1. The summed E-state index contributed by atoms with van der Waals surface area (Å²) in [5.41, 5.74) is -0.801. The summed E-state index contributed by atoms with van der Waals surface area (Å²) >= 11 is 0. The molecule has 0 aliphatic heterocycles. The van der Waals surface area contributed by atoms with Gasteiger partial charge in [0.05, 0.1) is 25.2 Å². The Morgan fingerprint density at radius 2 is 1.79 bits per heavy atom. The summed E-state index contributed by atoms with van der Waals surface area (Å²) in [7, 11) is 2.68. The van der Waals surface area contributed by atoms with Crippen LogP contribution in [0.2, 0.25) is 0 Å². The number of benzene rings is 1. The summed E-state index contributed by atoms with van der Waals surface area (Å²) in [5, 5.41) is 14.2. The minimum atomic E-state index is -1.09. The van der Waals surface area contributed by atoms with E-state index in [0.717, 1.165) is 31.7 Å². The summed E-state index contributed by atoms with van der Waals surface area (Å²) in [6.07, 6.45) is 3.02. The van der Waals surface area contributed by atoms with E-state index in [1.807, 2.05) is 0 Å². The van der Waals surface area contributed by atoms with Crippen molar-refractivity contribution in [3.05, 3.63) is 27.8 Å². The van der Waals surface area contributed by atoms with Crippen molar-refractivity contribution >= 4 is 17.6 Å². The van der Waals surface area contributed by atoms with Gasteiger partial charge in [-0.3, -0.25) is 14.9 Å². The Labute approximate surface area is 163 Å². The summed E-state index contributed by atoms with van der Waals surface area (Å²) in [5.74, 6) is -0.786. The number of nitro groups is 1. The molecule has 0 heterocycles. The first kappa shape index (κ1) is 21.5. The van der Waals surface area contributed by atoms with Crippen LogP contribution >= 0.6 is 0 Å². The number of carbonyl (C=O) groups is 2. The number of nitro benzene ring substituents is 1. The van der Waals surface area contributed by atoms with Gasteiger partial charge in [0.2, 0.25) is 0 Å². The first-order valence-corrected chi connectivity index (χ1v) is 9.20. The molecule has 1 fully saturated rings. The van der Waals surface area contributed by atoms with Crippen LogP contribution in [0.5, 0.6) is 11.5 Å². The van der Waals surface area contributed by atoms with Gasteiger partial charge < -0.3 is 19.5 Å². The van der Waals surface area contributed by atoms with E-state index < -0.39 is 28.6 Å². The molecule has 1 aliphatic carbocycles. The van der Waals surface area contributed by atoms with E-state index in [-0.39, 0.29) is 23.1 Å². The fraction of sp³-hybridized carbons (Fsp3) is 0.579. The minimum Gasteiger partial charge on any atom is -0.493 e. The van der Waals surface area contributed by atoms with Crippen LogP contribution in [0.1, 0.15) is 49.9 Å². The Morgan fingerprint density at radius 3 is 2.36 bits per heavy atom. The molecule has 9 heteroatoms. The number of rotatable bonds is 7. The molecule has 3 atom stereocenters. The Hall–Kier alpha value is -2.84. The van der Waals surface area contributed by atoms with E-state index in [4.69, 9.17) is 14.2 Å². The smallest absolute Gasteiger partial charge is 0.346 e. The van der Waals surface area contributed by atoms with Gasteiger partial charge in [-0.25, -0.2) is 4.79 Å². The average Bonchev–Trinajstić information content (AvgIpc) is 2.68. The maximum atomic E-state index is 12.5. The second kappa shape index (κ2) is 9.38. The van der Waals surface area contributed by atoms with Crippen molar-refractivity contribution in [3.63, 3.8) is 0 Å². The van der Waals surface area contributed by atoms with Crippen LogP contribution in [0.4, 0.5) is 5.69 Å². The van der Waals surface area contributed by atoms with E-state index in [1.165, 1.54) is 27.2 Å². The molecule has 0 unspecified atom stereocenters. The number of ether oxygens (including phenoxy) is 3. The maximum absolute atomic E-state index is 12.5. The van der Waals surface area contributed by atoms with Gasteiger partial charge in [-0.05, 0) is 25.7 Å². The minimum absolute atomic E-state index is 0.0396. The van der Waals surface area contributed by atoms with Crippen molar-refractivity contribution in [1.29, 1.82) is 0 Å². The Balaban J connectivity index is 2.14. The van der Waals surface area contributed by atoms with Crippen LogP contribution in [0, 0.1) is 16.0 Å². The van der Waals surface area contributed by atoms with Crippen molar-refractivity contribution in [2.75, 3.05) is 14.2 Å². The Kier molecular flexibility index (Phi) is 7.19. The predicted molar refractivity (Wildman–Crippen MR) is 101 cm³/mol. The molecule has 2 rings (SSSR count). The molecule has 1 aromatic carbocycles. The van der Waals surface area contributed by atoms with Crippen molar-refractivity contribution < 1.29 is 28.7 Å². The molecular formula is C19H26N2O7. The maximum Gasteiger partial charge on any atom is 0.346 e. The average molecular weight is 394 g/mol. The van der Waals surface area contributed by atoms with Crippen molar-refractivity contribution in [2.45, 2.75) is 51.7 Å². The van der Waals surface area contributed by atoms with Crippen LogP contribution in [-0.4, -0.2) is 43.2 Å². The Morgan fingerprint density at radius 1 is 1.18 bits per heavy atom. The highest BCUT2D eigenvalue weighted by molar-refractivity contribution is 5.96. The van der Waals surface area contributed by atoms with Crippen LogP contribution in [0.25, 0.3) is 0 Å². The van der Waals surface area contributed by atoms with E-state index in [0.29, 0.717) is 5.92 Å². The van der Waals surface area contributed by atoms with Gasteiger partial charge in [-0.15, -0.1) is 0 Å². The monoisotopic (exact) mass is 394 g/mol. The number of nitrogens with zero attached hydrogens (tertiary/aromatic N) is 1. The fourth-order valence-corrected chi connectivity index (χ4v) is 3.29. The fourth-order valence-electron chi connectivity index (χ4n) is 3.29. The number of carbonyl (C=O) groups excluding carboxylic acids is 2. The van der Waals surface area contributed by atoms with Gasteiger partial charge in [-0.2, -0.15) is 0 Å². The van der Waals surface area contributed by atoms with E-state index in [1.54, 1.807) is 0 Å². The third kappa shape index (κ3) is 4.90. The van der Waals surface area contributed by atoms with Gasteiger partial charge in [0.1, 0.15) is 5.56 Å². The van der Waals surface area contributed by atoms with E-state index >= 15 is 0 Å². The molecule has 28 heavy (non-hydrogen) atoms. The van der Waals surface area contributed by atoms with Crippen molar-refractivity contribution in [2.24, 2.45) is 5.92 Å². The van der Waals surface area contributed by atoms with Crippen LogP contribution in [0.15, 0.2) is 12.1 Å². The van der Waals surface area contributed by atoms with Crippen molar-refractivity contribution in [3.8, 4) is 11.5 Å². The second-order valence-electron chi connectivity index (χ2n) is 6.91. The van der Waals surface area contributed by atoms with Gasteiger partial charge in [-0.1, -0.05) is 19.8 Å². The van der Waals surface area contributed by atoms with E-state index in [9.17, 15) is 19.7 Å². The number of esters is 1. The zero-order valence-corrected chi connectivity index (χ0v) is 16.5. The zero-order chi connectivity index (χ0) is 20.8. The first-order valence-electron chi connectivity index (χ1n) is 9.20. The van der Waals surface area contributed by atoms with Gasteiger partial charge in [0, 0.05) is 12.1 Å². The molecule has 0 spiro atoms. The number of methoxy groups -OCH3 is 2. The Bertz CT molecular complexity index is 750. The number of hydrogen-bond acceptors (Lipinski definition) is 7. The van der Waals surface area contributed by atoms with Crippen LogP contribution < -0.4 is 14.8 Å². The summed E-state index contributed by atoms with van der Waals surface area (Å²) in [6, 6.07) is 2.30. The van der Waals surface area contributed by atoms with Gasteiger partial charge in [0.25, 0.3) is 11.6 Å². The quantitative estimate of drug-likeness (QED) is 0.429. The topological polar surface area (TPSA) is 117 Å².